The van der Waals surface area contributed by atoms with Crippen molar-refractivity contribution in [2.45, 2.75) is 72.3 Å². The van der Waals surface area contributed by atoms with Crippen LogP contribution in [0.4, 0.5) is 0 Å². The second-order valence-electron chi connectivity index (χ2n) is 9.39. The second-order valence-corrected chi connectivity index (χ2v) is 9.39. The minimum atomic E-state index is 0.116. The summed E-state index contributed by atoms with van der Waals surface area (Å²) in [5.41, 5.74) is 4.44. The molecule has 24 heavy (non-hydrogen) atoms. The molecule has 4 nitrogen and oxygen atoms in total. The molecule has 0 aromatic carbocycles. The van der Waals surface area contributed by atoms with E-state index in [0.29, 0.717) is 0 Å². The van der Waals surface area contributed by atoms with Crippen LogP contribution in [-0.2, 0) is 23.8 Å². The molecule has 0 bridgehead atoms. The van der Waals surface area contributed by atoms with Crippen molar-refractivity contribution in [1.29, 1.82) is 0 Å². The van der Waals surface area contributed by atoms with Gasteiger partial charge in [-0.2, -0.15) is 5.10 Å². The summed E-state index contributed by atoms with van der Waals surface area (Å²) in [5.74, 6) is 0. The van der Waals surface area contributed by atoms with E-state index in [1.165, 1.54) is 43.1 Å². The molecule has 2 heterocycles. The van der Waals surface area contributed by atoms with Crippen LogP contribution in [0.1, 0.15) is 65.4 Å². The summed E-state index contributed by atoms with van der Waals surface area (Å²) in [6.07, 6.45) is 1.01. The largest absolute Gasteiger partial charge is 0.304 e. The number of rotatable bonds is 4. The van der Waals surface area contributed by atoms with Crippen LogP contribution < -0.4 is 0 Å². The Morgan fingerprint density at radius 2 is 1.46 bits per heavy atom. The van der Waals surface area contributed by atoms with Crippen LogP contribution in [-0.4, -0.2) is 59.4 Å². The van der Waals surface area contributed by atoms with Crippen LogP contribution in [0.2, 0.25) is 0 Å². The third kappa shape index (κ3) is 4.40. The molecule has 0 amide bonds. The Hall–Kier alpha value is -0.870. The number of likely N-dealkylation sites (N-methyl/N-ethyl adjacent to an activating group) is 1. The Kier molecular flexibility index (Phi) is 5.81. The van der Waals surface area contributed by atoms with Gasteiger partial charge in [-0.1, -0.05) is 48.5 Å². The van der Waals surface area contributed by atoms with E-state index in [1.54, 1.807) is 0 Å². The molecule has 1 aromatic heterocycles. The molecule has 1 saturated heterocycles. The van der Waals surface area contributed by atoms with Gasteiger partial charge >= 0.3 is 0 Å². The first kappa shape index (κ1) is 19.5. The summed E-state index contributed by atoms with van der Waals surface area (Å²) in [5, 5.41) is 5.04. The van der Waals surface area contributed by atoms with Gasteiger partial charge in [-0.15, -0.1) is 0 Å². The van der Waals surface area contributed by atoms with Gasteiger partial charge in [0, 0.05) is 49.4 Å². The van der Waals surface area contributed by atoms with Gasteiger partial charge in [-0.25, -0.2) is 0 Å². The minimum absolute atomic E-state index is 0.116. The first-order chi connectivity index (χ1) is 11.0. The van der Waals surface area contributed by atoms with Gasteiger partial charge in [0.2, 0.25) is 0 Å². The van der Waals surface area contributed by atoms with Gasteiger partial charge in [0.15, 0.2) is 0 Å². The molecule has 0 spiro atoms. The molecule has 0 atom stereocenters. The fourth-order valence-electron chi connectivity index (χ4n) is 3.78. The lowest BCUT2D eigenvalue weighted by molar-refractivity contribution is 0.148. The predicted molar refractivity (Wildman–Crippen MR) is 103 cm³/mol. The van der Waals surface area contributed by atoms with Gasteiger partial charge in [-0.3, -0.25) is 9.58 Å². The zero-order chi connectivity index (χ0) is 18.1. The number of hydrogen-bond donors (Lipinski definition) is 0. The molecule has 0 unspecified atom stereocenters. The SMILES string of the molecule is CCc1nn(CCN2CCN(C)CC2)c(C(C)(C)C)c1C(C)(C)C. The fourth-order valence-corrected chi connectivity index (χ4v) is 3.78. The average Bonchev–Trinajstić information content (AvgIpc) is 2.85. The van der Waals surface area contributed by atoms with Gasteiger partial charge in [0.25, 0.3) is 0 Å². The van der Waals surface area contributed by atoms with Gasteiger partial charge < -0.3 is 4.90 Å². The van der Waals surface area contributed by atoms with E-state index in [-0.39, 0.29) is 10.8 Å². The van der Waals surface area contributed by atoms with E-state index in [0.717, 1.165) is 19.5 Å². The molecule has 4 heteroatoms. The van der Waals surface area contributed by atoms with Crippen molar-refractivity contribution in [3.63, 3.8) is 0 Å². The highest BCUT2D eigenvalue weighted by Gasteiger charge is 2.32. The van der Waals surface area contributed by atoms with E-state index in [2.05, 4.69) is 70.0 Å². The molecule has 1 fully saturated rings. The first-order valence-corrected chi connectivity index (χ1v) is 9.55. The number of hydrogen-bond acceptors (Lipinski definition) is 3. The summed E-state index contributed by atoms with van der Waals surface area (Å²) >= 11 is 0. The molecular formula is C20H38N4. The molecule has 2 rings (SSSR count). The molecule has 1 aliphatic heterocycles. The molecule has 138 valence electrons. The molecule has 0 saturated carbocycles. The van der Waals surface area contributed by atoms with E-state index in [1.807, 2.05) is 0 Å². The first-order valence-electron chi connectivity index (χ1n) is 9.55. The van der Waals surface area contributed by atoms with Crippen LogP contribution in [0.3, 0.4) is 0 Å². The summed E-state index contributed by atoms with van der Waals surface area (Å²) in [4.78, 5) is 4.99. The molecule has 0 aliphatic carbocycles. The van der Waals surface area contributed by atoms with Gasteiger partial charge in [0.1, 0.15) is 0 Å². The second kappa shape index (κ2) is 7.17. The zero-order valence-electron chi connectivity index (χ0n) is 17.2. The Labute approximate surface area is 149 Å². The standard InChI is InChI=1S/C20H38N4/c1-9-16-17(19(2,3)4)18(20(5,6)7)24(21-16)15-14-23-12-10-22(8)11-13-23/h9-15H2,1-8H3. The average molecular weight is 335 g/mol. The molecular weight excluding hydrogens is 296 g/mol. The summed E-state index contributed by atoms with van der Waals surface area (Å²) < 4.78 is 2.32. The van der Waals surface area contributed by atoms with Crippen LogP contribution in [0.25, 0.3) is 0 Å². The Bertz CT molecular complexity index is 537. The molecule has 0 radical (unpaired) electrons. The maximum Gasteiger partial charge on any atom is 0.0662 e. The van der Waals surface area contributed by atoms with Crippen LogP contribution >= 0.6 is 0 Å². The highest BCUT2D eigenvalue weighted by molar-refractivity contribution is 5.37. The van der Waals surface area contributed by atoms with Crippen molar-refractivity contribution in [1.82, 2.24) is 19.6 Å². The Balaban J connectivity index is 2.27. The number of aryl methyl sites for hydroxylation is 1. The topological polar surface area (TPSA) is 24.3 Å². The predicted octanol–water partition coefficient (Wildman–Crippen LogP) is 3.29. The van der Waals surface area contributed by atoms with Crippen molar-refractivity contribution in [3.8, 4) is 0 Å². The molecule has 1 aliphatic rings. The maximum absolute atomic E-state index is 5.04. The smallest absolute Gasteiger partial charge is 0.0662 e. The van der Waals surface area contributed by atoms with Crippen LogP contribution in [0.15, 0.2) is 0 Å². The van der Waals surface area contributed by atoms with Crippen molar-refractivity contribution in [2.24, 2.45) is 0 Å². The Morgan fingerprint density at radius 1 is 0.875 bits per heavy atom. The van der Waals surface area contributed by atoms with Crippen LogP contribution in [0, 0.1) is 0 Å². The highest BCUT2D eigenvalue weighted by Crippen LogP contribution is 2.36. The van der Waals surface area contributed by atoms with E-state index in [4.69, 9.17) is 5.10 Å². The third-order valence-corrected chi connectivity index (χ3v) is 5.04. The van der Waals surface area contributed by atoms with Gasteiger partial charge in [-0.05, 0) is 18.9 Å². The molecule has 1 aromatic rings. The Morgan fingerprint density at radius 3 is 1.92 bits per heavy atom. The van der Waals surface area contributed by atoms with Crippen molar-refractivity contribution >= 4 is 0 Å². The quantitative estimate of drug-likeness (QED) is 0.844. The maximum atomic E-state index is 5.04. The third-order valence-electron chi connectivity index (χ3n) is 5.04. The normalized spacial score (nSPS) is 18.3. The van der Waals surface area contributed by atoms with Gasteiger partial charge in [0.05, 0.1) is 12.2 Å². The summed E-state index contributed by atoms with van der Waals surface area (Å²) in [6.45, 7) is 23.0. The summed E-state index contributed by atoms with van der Waals surface area (Å²) in [6, 6.07) is 0. The zero-order valence-corrected chi connectivity index (χ0v) is 17.2. The monoisotopic (exact) mass is 334 g/mol. The number of aromatic nitrogens is 2. The van der Waals surface area contributed by atoms with Crippen LogP contribution in [0.5, 0.6) is 0 Å². The number of piperazine rings is 1. The number of nitrogens with zero attached hydrogens (tertiary/aromatic N) is 4. The van der Waals surface area contributed by atoms with Crippen molar-refractivity contribution in [2.75, 3.05) is 39.8 Å². The summed E-state index contributed by atoms with van der Waals surface area (Å²) in [7, 11) is 2.21. The van der Waals surface area contributed by atoms with E-state index < -0.39 is 0 Å². The van der Waals surface area contributed by atoms with E-state index >= 15 is 0 Å². The lowest BCUT2D eigenvalue weighted by Gasteiger charge is -2.33. The lowest BCUT2D eigenvalue weighted by atomic mass is 9.77. The fraction of sp³-hybridized carbons (Fsp3) is 0.850. The molecule has 0 N–H and O–H groups in total. The lowest BCUT2D eigenvalue weighted by Crippen LogP contribution is -2.45. The minimum Gasteiger partial charge on any atom is -0.304 e. The van der Waals surface area contributed by atoms with Crippen molar-refractivity contribution in [3.05, 3.63) is 17.0 Å². The van der Waals surface area contributed by atoms with Crippen molar-refractivity contribution < 1.29 is 0 Å². The highest BCUT2D eigenvalue weighted by atomic mass is 15.3. The van der Waals surface area contributed by atoms with E-state index in [9.17, 15) is 0 Å².